The predicted octanol–water partition coefficient (Wildman–Crippen LogP) is 8.10. The number of carbonyl (C=O) groups excluding carboxylic acids is 1. The Labute approximate surface area is 229 Å². The fourth-order valence-corrected chi connectivity index (χ4v) is 4.81. The molecule has 6 aromatic rings. The van der Waals surface area contributed by atoms with Crippen LogP contribution in [0.3, 0.4) is 0 Å². The fourth-order valence-electron chi connectivity index (χ4n) is 4.36. The molecule has 0 fully saturated rings. The van der Waals surface area contributed by atoms with E-state index < -0.39 is 0 Å². The number of halogens is 1. The van der Waals surface area contributed by atoms with Gasteiger partial charge in [0.2, 0.25) is 5.89 Å². The zero-order chi connectivity index (χ0) is 26.1. The van der Waals surface area contributed by atoms with Gasteiger partial charge >= 0.3 is 0 Å². The first-order chi connectivity index (χ1) is 18.5. The first kappa shape index (κ1) is 23.9. The Morgan fingerprint density at radius 3 is 2.34 bits per heavy atom. The molecule has 0 saturated carbocycles. The van der Waals surface area contributed by atoms with Crippen molar-refractivity contribution >= 4 is 62.4 Å². The molecule has 5 aromatic carbocycles. The van der Waals surface area contributed by atoms with E-state index in [1.807, 2.05) is 97.1 Å². The summed E-state index contributed by atoms with van der Waals surface area (Å²) in [5.74, 6) is 0.210. The van der Waals surface area contributed by atoms with Crippen molar-refractivity contribution in [3.8, 4) is 22.6 Å². The van der Waals surface area contributed by atoms with Gasteiger partial charge in [-0.05, 0) is 71.2 Å². The molecular formula is C31H20ClN3O2S. The summed E-state index contributed by atoms with van der Waals surface area (Å²) in [7, 11) is 0. The van der Waals surface area contributed by atoms with Gasteiger partial charge in [-0.1, -0.05) is 78.3 Å². The molecule has 184 valence electrons. The lowest BCUT2D eigenvalue weighted by molar-refractivity contribution is 0.0977. The maximum Gasteiger partial charge on any atom is 0.257 e. The summed E-state index contributed by atoms with van der Waals surface area (Å²) in [4.78, 5) is 17.4. The average molecular weight is 534 g/mol. The number of hydrogen-bond acceptors (Lipinski definition) is 4. The molecule has 0 aliphatic heterocycles. The summed E-state index contributed by atoms with van der Waals surface area (Å²) in [6, 6.07) is 34.5. The van der Waals surface area contributed by atoms with E-state index in [9.17, 15) is 4.79 Å². The van der Waals surface area contributed by atoms with Crippen LogP contribution in [-0.4, -0.2) is 16.0 Å². The molecule has 0 unspecified atom stereocenters. The second-order valence-corrected chi connectivity index (χ2v) is 9.51. The van der Waals surface area contributed by atoms with E-state index in [0.717, 1.165) is 27.5 Å². The highest BCUT2D eigenvalue weighted by Gasteiger charge is 2.14. The van der Waals surface area contributed by atoms with Crippen LogP contribution in [0.25, 0.3) is 44.5 Å². The molecule has 38 heavy (non-hydrogen) atoms. The van der Waals surface area contributed by atoms with Crippen molar-refractivity contribution in [2.45, 2.75) is 0 Å². The maximum atomic E-state index is 12.7. The first-order valence-corrected chi connectivity index (χ1v) is 12.7. The van der Waals surface area contributed by atoms with Crippen LogP contribution in [0.4, 0.5) is 5.69 Å². The van der Waals surface area contributed by atoms with Crippen molar-refractivity contribution in [1.82, 2.24) is 10.3 Å². The van der Waals surface area contributed by atoms with Crippen LogP contribution in [0, 0.1) is 0 Å². The van der Waals surface area contributed by atoms with Crippen LogP contribution in [0.15, 0.2) is 114 Å². The van der Waals surface area contributed by atoms with Crippen molar-refractivity contribution in [3.63, 3.8) is 0 Å². The number of oxazole rings is 1. The quantitative estimate of drug-likeness (QED) is 0.224. The Bertz CT molecular complexity index is 1820. The van der Waals surface area contributed by atoms with Crippen molar-refractivity contribution in [2.24, 2.45) is 0 Å². The summed E-state index contributed by atoms with van der Waals surface area (Å²) in [5, 5.41) is 8.56. The second kappa shape index (κ2) is 10.1. The summed E-state index contributed by atoms with van der Waals surface area (Å²) >= 11 is 11.8. The van der Waals surface area contributed by atoms with Gasteiger partial charge in [0.1, 0.15) is 5.52 Å². The Morgan fingerprint density at radius 1 is 0.789 bits per heavy atom. The second-order valence-electron chi connectivity index (χ2n) is 8.69. The molecule has 0 aliphatic rings. The van der Waals surface area contributed by atoms with Crippen LogP contribution < -0.4 is 10.6 Å². The van der Waals surface area contributed by atoms with Gasteiger partial charge in [0.25, 0.3) is 5.91 Å². The minimum Gasteiger partial charge on any atom is -0.436 e. The van der Waals surface area contributed by atoms with Crippen molar-refractivity contribution in [1.29, 1.82) is 0 Å². The Morgan fingerprint density at radius 2 is 1.53 bits per heavy atom. The number of hydrogen-bond donors (Lipinski definition) is 2. The molecule has 1 amide bonds. The highest BCUT2D eigenvalue weighted by Crippen LogP contribution is 2.34. The van der Waals surface area contributed by atoms with Gasteiger partial charge in [0.15, 0.2) is 10.7 Å². The van der Waals surface area contributed by atoms with E-state index >= 15 is 0 Å². The molecule has 5 nitrogen and oxygen atoms in total. The summed E-state index contributed by atoms with van der Waals surface area (Å²) < 4.78 is 6.04. The molecule has 0 spiro atoms. The van der Waals surface area contributed by atoms with E-state index in [4.69, 9.17) is 33.2 Å². The molecule has 1 heterocycles. The third kappa shape index (κ3) is 4.75. The Kier molecular flexibility index (Phi) is 6.33. The maximum absolute atomic E-state index is 12.7. The number of carbonyl (C=O) groups is 1. The first-order valence-electron chi connectivity index (χ1n) is 11.9. The zero-order valence-corrected chi connectivity index (χ0v) is 21.5. The SMILES string of the molecule is O=C(NC(=S)Nc1ccc2oc(-c3cccc4c(Cl)cccc34)nc2c1)c1ccc(-c2ccccc2)cc1. The van der Waals surface area contributed by atoms with Gasteiger partial charge < -0.3 is 9.73 Å². The molecule has 7 heteroatoms. The largest absolute Gasteiger partial charge is 0.436 e. The lowest BCUT2D eigenvalue weighted by Crippen LogP contribution is -2.34. The number of anilines is 1. The van der Waals surface area contributed by atoms with Gasteiger partial charge in [-0.15, -0.1) is 0 Å². The van der Waals surface area contributed by atoms with E-state index in [1.54, 1.807) is 12.1 Å². The normalized spacial score (nSPS) is 11.0. The van der Waals surface area contributed by atoms with Gasteiger partial charge in [-0.3, -0.25) is 10.1 Å². The molecule has 1 aromatic heterocycles. The van der Waals surface area contributed by atoms with Crippen LogP contribution in [-0.2, 0) is 0 Å². The standard InChI is InChI=1S/C31H20ClN3O2S/c32-26-11-5-8-23-24(26)9-4-10-25(23)30-34-27-18-22(16-17-28(27)37-30)33-31(38)35-29(36)21-14-12-20(13-15-21)19-6-2-1-3-7-19/h1-18H,(H2,33,35,36,38). The highest BCUT2D eigenvalue weighted by atomic mass is 35.5. The lowest BCUT2D eigenvalue weighted by Gasteiger charge is -2.10. The number of nitrogens with one attached hydrogen (secondary N) is 2. The van der Waals surface area contributed by atoms with Crippen molar-refractivity contribution in [3.05, 3.63) is 120 Å². The number of nitrogens with zero attached hydrogens (tertiary/aromatic N) is 1. The van der Waals surface area contributed by atoms with Crippen LogP contribution >= 0.6 is 23.8 Å². The van der Waals surface area contributed by atoms with E-state index in [1.165, 1.54) is 0 Å². The topological polar surface area (TPSA) is 67.2 Å². The Hall–Kier alpha value is -4.52. The van der Waals surface area contributed by atoms with Crippen molar-refractivity contribution < 1.29 is 9.21 Å². The minimum atomic E-state index is -0.290. The molecule has 0 aliphatic carbocycles. The minimum absolute atomic E-state index is 0.189. The molecule has 6 rings (SSSR count). The third-order valence-electron chi connectivity index (χ3n) is 6.23. The van der Waals surface area contributed by atoms with Gasteiger partial charge in [-0.25, -0.2) is 4.98 Å². The molecule has 0 radical (unpaired) electrons. The van der Waals surface area contributed by atoms with Gasteiger partial charge in [0.05, 0.1) is 0 Å². The average Bonchev–Trinajstić information content (AvgIpc) is 3.37. The summed E-state index contributed by atoms with van der Waals surface area (Å²) in [5.41, 5.74) is 5.48. The number of rotatable bonds is 4. The molecule has 0 bridgehead atoms. The monoisotopic (exact) mass is 533 g/mol. The molecule has 0 atom stereocenters. The van der Waals surface area contributed by atoms with Crippen LogP contribution in [0.1, 0.15) is 10.4 Å². The number of fused-ring (bicyclic) bond motifs is 2. The third-order valence-corrected chi connectivity index (χ3v) is 6.76. The summed E-state index contributed by atoms with van der Waals surface area (Å²) in [6.45, 7) is 0. The summed E-state index contributed by atoms with van der Waals surface area (Å²) in [6.07, 6.45) is 0. The molecular weight excluding hydrogens is 514 g/mol. The number of amides is 1. The number of benzene rings is 5. The fraction of sp³-hybridized carbons (Fsp3) is 0. The predicted molar refractivity (Wildman–Crippen MR) is 158 cm³/mol. The van der Waals surface area contributed by atoms with Gasteiger partial charge in [0, 0.05) is 27.2 Å². The smallest absolute Gasteiger partial charge is 0.257 e. The van der Waals surface area contributed by atoms with Gasteiger partial charge in [-0.2, -0.15) is 0 Å². The van der Waals surface area contributed by atoms with E-state index in [0.29, 0.717) is 33.3 Å². The lowest BCUT2D eigenvalue weighted by atomic mass is 10.0. The zero-order valence-electron chi connectivity index (χ0n) is 19.9. The van der Waals surface area contributed by atoms with Crippen molar-refractivity contribution in [2.75, 3.05) is 5.32 Å². The molecule has 2 N–H and O–H groups in total. The Balaban J connectivity index is 1.17. The number of aromatic nitrogens is 1. The van der Waals surface area contributed by atoms with E-state index in [2.05, 4.69) is 10.6 Å². The van der Waals surface area contributed by atoms with E-state index in [-0.39, 0.29) is 11.0 Å². The van der Waals surface area contributed by atoms with Crippen LogP contribution in [0.2, 0.25) is 5.02 Å². The van der Waals surface area contributed by atoms with Crippen LogP contribution in [0.5, 0.6) is 0 Å². The number of thiocarbonyl (C=S) groups is 1. The highest BCUT2D eigenvalue weighted by molar-refractivity contribution is 7.80. The molecule has 0 saturated heterocycles.